The van der Waals surface area contributed by atoms with Crippen LogP contribution in [0.5, 0.6) is 5.75 Å². The molecule has 31 heavy (non-hydrogen) atoms. The molecule has 7 nitrogen and oxygen atoms in total. The molecule has 2 heterocycles. The van der Waals surface area contributed by atoms with Gasteiger partial charge in [-0.2, -0.15) is 0 Å². The summed E-state index contributed by atoms with van der Waals surface area (Å²) in [5, 5.41) is 13.0. The van der Waals surface area contributed by atoms with Gasteiger partial charge in [0.2, 0.25) is 0 Å². The normalized spacial score (nSPS) is 19.0. The van der Waals surface area contributed by atoms with Crippen molar-refractivity contribution in [3.8, 4) is 17.0 Å². The predicted molar refractivity (Wildman–Crippen MR) is 121 cm³/mol. The monoisotopic (exact) mass is 424 g/mol. The summed E-state index contributed by atoms with van der Waals surface area (Å²) in [6.07, 6.45) is 7.46. The van der Waals surface area contributed by atoms with Crippen molar-refractivity contribution in [3.05, 3.63) is 34.9 Å². The van der Waals surface area contributed by atoms with Crippen LogP contribution in [0.4, 0.5) is 5.82 Å². The van der Waals surface area contributed by atoms with E-state index >= 15 is 0 Å². The summed E-state index contributed by atoms with van der Waals surface area (Å²) in [4.78, 5) is 13.7. The molecule has 0 amide bonds. The van der Waals surface area contributed by atoms with Gasteiger partial charge in [0.25, 0.3) is 0 Å². The van der Waals surface area contributed by atoms with Crippen LogP contribution in [0.2, 0.25) is 0 Å². The highest BCUT2D eigenvalue weighted by Gasteiger charge is 2.25. The smallest absolute Gasteiger partial charge is 0.189 e. The third-order valence-corrected chi connectivity index (χ3v) is 6.15. The highest BCUT2D eigenvalue weighted by atomic mass is 16.7. The molecule has 2 aliphatic rings. The second kappa shape index (κ2) is 10.2. The van der Waals surface area contributed by atoms with Gasteiger partial charge in [0.05, 0.1) is 0 Å². The zero-order valence-electron chi connectivity index (χ0n) is 18.5. The maximum absolute atomic E-state index is 11.3. The van der Waals surface area contributed by atoms with Crippen LogP contribution in [0.25, 0.3) is 11.3 Å². The topological polar surface area (TPSA) is 76.6 Å². The Labute approximate surface area is 184 Å². The van der Waals surface area contributed by atoms with Crippen LogP contribution in [0.3, 0.4) is 0 Å². The fourth-order valence-corrected chi connectivity index (χ4v) is 4.57. The number of nitrogens with one attached hydrogen (secondary N) is 1. The number of nitrogens with zero attached hydrogens (tertiary/aromatic N) is 3. The van der Waals surface area contributed by atoms with Gasteiger partial charge in [-0.25, -0.2) is 0 Å². The van der Waals surface area contributed by atoms with E-state index in [-0.39, 0.29) is 6.79 Å². The fraction of sp³-hybridized carbons (Fsp3) is 0.542. The summed E-state index contributed by atoms with van der Waals surface area (Å²) >= 11 is 0. The lowest BCUT2D eigenvalue weighted by Gasteiger charge is -2.31. The molecule has 1 fully saturated rings. The van der Waals surface area contributed by atoms with Crippen molar-refractivity contribution in [2.24, 2.45) is 0 Å². The molecule has 1 aromatic carbocycles. The first-order chi connectivity index (χ1) is 15.2. The Morgan fingerprint density at radius 3 is 2.81 bits per heavy atom. The molecule has 166 valence electrons. The van der Waals surface area contributed by atoms with Gasteiger partial charge in [0.1, 0.15) is 17.7 Å². The van der Waals surface area contributed by atoms with E-state index < -0.39 is 0 Å². The molecule has 2 aromatic rings. The minimum atomic E-state index is 0.135. The SMILES string of the molecule is CCOCOc1cc(C=O)ccc1-c1nnc(NC2CCCN(C)C2)c2c1CCCC2. The van der Waals surface area contributed by atoms with Crippen molar-refractivity contribution in [1.82, 2.24) is 15.1 Å². The first-order valence-corrected chi connectivity index (χ1v) is 11.3. The Balaban J connectivity index is 1.68. The Hall–Kier alpha value is -2.51. The van der Waals surface area contributed by atoms with Gasteiger partial charge in [-0.05, 0) is 76.7 Å². The first kappa shape index (κ1) is 21.7. The maximum Gasteiger partial charge on any atom is 0.189 e. The quantitative estimate of drug-likeness (QED) is 0.393. The molecule has 0 saturated carbocycles. The second-order valence-electron chi connectivity index (χ2n) is 8.44. The number of aldehydes is 1. The van der Waals surface area contributed by atoms with Gasteiger partial charge in [-0.3, -0.25) is 4.79 Å². The number of likely N-dealkylation sites (tertiary alicyclic amines) is 1. The molecule has 7 heteroatoms. The molecule has 1 aliphatic carbocycles. The third kappa shape index (κ3) is 5.05. The van der Waals surface area contributed by atoms with Gasteiger partial charge < -0.3 is 19.7 Å². The van der Waals surface area contributed by atoms with Crippen LogP contribution in [-0.4, -0.2) is 61.0 Å². The van der Waals surface area contributed by atoms with Crippen molar-refractivity contribution in [1.29, 1.82) is 0 Å². The molecule has 1 aliphatic heterocycles. The number of carbonyl (C=O) groups excluding carboxylic acids is 1. The Kier molecular flexibility index (Phi) is 7.14. The molecule has 1 saturated heterocycles. The van der Waals surface area contributed by atoms with Crippen LogP contribution in [-0.2, 0) is 17.6 Å². The van der Waals surface area contributed by atoms with Gasteiger partial charge in [-0.1, -0.05) is 6.07 Å². The number of anilines is 1. The second-order valence-corrected chi connectivity index (χ2v) is 8.44. The molecule has 0 bridgehead atoms. The summed E-state index contributed by atoms with van der Waals surface area (Å²) in [7, 11) is 2.17. The van der Waals surface area contributed by atoms with Crippen LogP contribution in [0, 0.1) is 0 Å². The van der Waals surface area contributed by atoms with E-state index in [9.17, 15) is 4.79 Å². The van der Waals surface area contributed by atoms with Crippen molar-refractivity contribution in [3.63, 3.8) is 0 Å². The molecule has 4 rings (SSSR count). The minimum absolute atomic E-state index is 0.135. The number of hydrogen-bond donors (Lipinski definition) is 1. The average molecular weight is 425 g/mol. The lowest BCUT2D eigenvalue weighted by atomic mass is 9.88. The van der Waals surface area contributed by atoms with Crippen molar-refractivity contribution in [2.45, 2.75) is 51.5 Å². The Bertz CT molecular complexity index is 918. The van der Waals surface area contributed by atoms with Crippen LogP contribution >= 0.6 is 0 Å². The average Bonchev–Trinajstić information content (AvgIpc) is 2.80. The highest BCUT2D eigenvalue weighted by molar-refractivity contribution is 5.80. The number of likely N-dealkylation sites (N-methyl/N-ethyl adjacent to an activating group) is 1. The molecular weight excluding hydrogens is 392 g/mol. The Morgan fingerprint density at radius 1 is 1.19 bits per heavy atom. The van der Waals surface area contributed by atoms with Crippen molar-refractivity contribution in [2.75, 3.05) is 38.9 Å². The van der Waals surface area contributed by atoms with Crippen molar-refractivity contribution >= 4 is 12.1 Å². The number of piperidine rings is 1. The molecule has 1 N–H and O–H groups in total. The summed E-state index contributed by atoms with van der Waals surface area (Å²) in [6, 6.07) is 5.87. The van der Waals surface area contributed by atoms with E-state index in [1.165, 1.54) is 17.5 Å². The number of aromatic nitrogens is 2. The molecular formula is C24H32N4O3. The number of hydrogen-bond acceptors (Lipinski definition) is 7. The van der Waals surface area contributed by atoms with Crippen LogP contribution in [0.15, 0.2) is 18.2 Å². The van der Waals surface area contributed by atoms with E-state index in [0.29, 0.717) is 24.0 Å². The Morgan fingerprint density at radius 2 is 2.03 bits per heavy atom. The van der Waals surface area contributed by atoms with E-state index in [4.69, 9.17) is 9.47 Å². The zero-order valence-corrected chi connectivity index (χ0v) is 18.5. The predicted octanol–water partition coefficient (Wildman–Crippen LogP) is 3.71. The molecule has 1 atom stereocenters. The summed E-state index contributed by atoms with van der Waals surface area (Å²) < 4.78 is 11.2. The van der Waals surface area contributed by atoms with E-state index in [1.807, 2.05) is 13.0 Å². The molecule has 1 aromatic heterocycles. The summed E-state index contributed by atoms with van der Waals surface area (Å²) in [6.45, 7) is 4.80. The van der Waals surface area contributed by atoms with E-state index in [0.717, 1.165) is 68.6 Å². The number of ether oxygens (including phenoxy) is 2. The fourth-order valence-electron chi connectivity index (χ4n) is 4.57. The maximum atomic E-state index is 11.3. The molecule has 1 unspecified atom stereocenters. The number of benzene rings is 1. The number of carbonyl (C=O) groups is 1. The highest BCUT2D eigenvalue weighted by Crippen LogP contribution is 2.37. The summed E-state index contributed by atoms with van der Waals surface area (Å²) in [5.74, 6) is 1.54. The van der Waals surface area contributed by atoms with Crippen LogP contribution in [0.1, 0.15) is 54.1 Å². The lowest BCUT2D eigenvalue weighted by molar-refractivity contribution is 0.0227. The minimum Gasteiger partial charge on any atom is -0.467 e. The van der Waals surface area contributed by atoms with Gasteiger partial charge in [-0.15, -0.1) is 10.2 Å². The van der Waals surface area contributed by atoms with Gasteiger partial charge in [0.15, 0.2) is 12.6 Å². The molecule has 0 radical (unpaired) electrons. The zero-order chi connectivity index (χ0) is 21.6. The van der Waals surface area contributed by atoms with E-state index in [2.05, 4.69) is 27.5 Å². The van der Waals surface area contributed by atoms with Crippen molar-refractivity contribution < 1.29 is 14.3 Å². The standard InChI is InChI=1S/C24H32N4O3/c1-3-30-16-31-22-13-17(15-29)10-11-21(22)23-19-8-4-5-9-20(19)24(27-26-23)25-18-7-6-12-28(2)14-18/h10-11,13,15,18H,3-9,12,14,16H2,1-2H3,(H,25,27). The van der Waals surface area contributed by atoms with Gasteiger partial charge >= 0.3 is 0 Å². The number of rotatable bonds is 8. The largest absolute Gasteiger partial charge is 0.467 e. The number of fused-ring (bicyclic) bond motifs is 1. The third-order valence-electron chi connectivity index (χ3n) is 6.15. The molecule has 0 spiro atoms. The lowest BCUT2D eigenvalue weighted by Crippen LogP contribution is -2.40. The first-order valence-electron chi connectivity index (χ1n) is 11.3. The van der Waals surface area contributed by atoms with Gasteiger partial charge in [0, 0.05) is 35.9 Å². The van der Waals surface area contributed by atoms with E-state index in [1.54, 1.807) is 12.1 Å². The summed E-state index contributed by atoms with van der Waals surface area (Å²) in [5.41, 5.74) is 4.80. The van der Waals surface area contributed by atoms with Crippen LogP contribution < -0.4 is 10.1 Å².